The van der Waals surface area contributed by atoms with Crippen LogP contribution in [-0.2, 0) is 5.88 Å². The Kier molecular flexibility index (Phi) is 4.04. The molecule has 0 saturated carbocycles. The lowest BCUT2D eigenvalue weighted by atomic mass is 10.2. The average Bonchev–Trinajstić information content (AvgIpc) is 2.33. The Labute approximate surface area is 114 Å². The second kappa shape index (κ2) is 5.55. The van der Waals surface area contributed by atoms with Crippen molar-refractivity contribution < 1.29 is 9.13 Å². The molecule has 0 bridgehead atoms. The molecule has 0 N–H and O–H groups in total. The monoisotopic (exact) mass is 285 g/mol. The normalized spacial score (nSPS) is 10.4. The Morgan fingerprint density at radius 3 is 2.67 bits per heavy atom. The van der Waals surface area contributed by atoms with Crippen LogP contribution in [0.5, 0.6) is 11.6 Å². The van der Waals surface area contributed by atoms with Crippen LogP contribution in [-0.4, -0.2) is 4.98 Å². The van der Waals surface area contributed by atoms with Crippen LogP contribution in [0.25, 0.3) is 0 Å². The molecular weight excluding hydrogens is 276 g/mol. The summed E-state index contributed by atoms with van der Waals surface area (Å²) in [6.45, 7) is 1.84. The number of aromatic nitrogens is 1. The van der Waals surface area contributed by atoms with Crippen molar-refractivity contribution in [3.05, 3.63) is 52.4 Å². The molecule has 0 spiro atoms. The summed E-state index contributed by atoms with van der Waals surface area (Å²) >= 11 is 11.6. The minimum Gasteiger partial charge on any atom is -0.437 e. The second-order valence-electron chi connectivity index (χ2n) is 3.70. The molecule has 5 heteroatoms. The maximum absolute atomic E-state index is 12.9. The Morgan fingerprint density at radius 2 is 2.06 bits per heavy atom. The van der Waals surface area contributed by atoms with E-state index < -0.39 is 5.82 Å². The van der Waals surface area contributed by atoms with Gasteiger partial charge in [-0.05, 0) is 30.7 Å². The van der Waals surface area contributed by atoms with Gasteiger partial charge in [-0.3, -0.25) is 0 Å². The number of alkyl halides is 1. The van der Waals surface area contributed by atoms with Gasteiger partial charge in [-0.1, -0.05) is 17.7 Å². The van der Waals surface area contributed by atoms with Crippen LogP contribution in [0.4, 0.5) is 4.39 Å². The third kappa shape index (κ3) is 2.92. The Bertz CT molecular complexity index is 575. The highest BCUT2D eigenvalue weighted by atomic mass is 35.5. The first-order valence-corrected chi connectivity index (χ1v) is 6.17. The summed E-state index contributed by atoms with van der Waals surface area (Å²) in [5, 5.41) is 0.205. The number of hydrogen-bond donors (Lipinski definition) is 0. The number of rotatable bonds is 3. The number of aryl methyl sites for hydroxylation is 1. The fraction of sp³-hybridized carbons (Fsp3) is 0.154. The Balaban J connectivity index is 2.26. The predicted molar refractivity (Wildman–Crippen MR) is 70.0 cm³/mol. The number of halogens is 3. The van der Waals surface area contributed by atoms with Gasteiger partial charge in [0, 0.05) is 17.6 Å². The molecule has 1 aromatic carbocycles. The van der Waals surface area contributed by atoms with Crippen LogP contribution in [0.1, 0.15) is 11.3 Å². The van der Waals surface area contributed by atoms with Crippen molar-refractivity contribution in [2.45, 2.75) is 12.8 Å². The summed E-state index contributed by atoms with van der Waals surface area (Å²) in [5.41, 5.74) is 1.73. The molecule has 1 heterocycles. The van der Waals surface area contributed by atoms with Gasteiger partial charge in [-0.15, -0.1) is 11.6 Å². The third-order valence-electron chi connectivity index (χ3n) is 2.42. The lowest BCUT2D eigenvalue weighted by Crippen LogP contribution is -1.94. The first kappa shape index (κ1) is 13.1. The summed E-state index contributed by atoms with van der Waals surface area (Å²) < 4.78 is 18.4. The fourth-order valence-corrected chi connectivity index (χ4v) is 1.92. The van der Waals surface area contributed by atoms with Crippen molar-refractivity contribution in [1.29, 1.82) is 0 Å². The van der Waals surface area contributed by atoms with E-state index in [1.165, 1.54) is 18.2 Å². The molecule has 94 valence electrons. The Morgan fingerprint density at radius 1 is 1.28 bits per heavy atom. The fourth-order valence-electron chi connectivity index (χ4n) is 1.44. The van der Waals surface area contributed by atoms with Crippen molar-refractivity contribution in [2.75, 3.05) is 0 Å². The zero-order valence-electron chi connectivity index (χ0n) is 9.58. The number of ether oxygens (including phenoxy) is 1. The minimum absolute atomic E-state index is 0.205. The van der Waals surface area contributed by atoms with Gasteiger partial charge in [-0.2, -0.15) is 0 Å². The molecule has 0 aliphatic rings. The number of nitrogens with zero attached hydrogens (tertiary/aromatic N) is 1. The van der Waals surface area contributed by atoms with E-state index in [9.17, 15) is 4.39 Å². The van der Waals surface area contributed by atoms with E-state index in [1.54, 1.807) is 6.07 Å². The van der Waals surface area contributed by atoms with E-state index in [2.05, 4.69) is 4.98 Å². The lowest BCUT2D eigenvalue weighted by Gasteiger charge is -2.08. The maximum atomic E-state index is 12.9. The van der Waals surface area contributed by atoms with Crippen LogP contribution in [0.2, 0.25) is 5.02 Å². The van der Waals surface area contributed by atoms with Crippen LogP contribution in [0, 0.1) is 12.7 Å². The van der Waals surface area contributed by atoms with E-state index in [4.69, 9.17) is 27.9 Å². The second-order valence-corrected chi connectivity index (χ2v) is 4.38. The SMILES string of the molecule is Cc1nc(Oc2ccc(F)cc2Cl)ccc1CCl. The van der Waals surface area contributed by atoms with Crippen molar-refractivity contribution in [1.82, 2.24) is 4.98 Å². The summed E-state index contributed by atoms with van der Waals surface area (Å²) in [6, 6.07) is 7.47. The molecule has 2 aromatic rings. The maximum Gasteiger partial charge on any atom is 0.219 e. The highest BCUT2D eigenvalue weighted by molar-refractivity contribution is 6.32. The van der Waals surface area contributed by atoms with Gasteiger partial charge in [0.25, 0.3) is 0 Å². The van der Waals surface area contributed by atoms with E-state index in [-0.39, 0.29) is 5.02 Å². The van der Waals surface area contributed by atoms with E-state index in [0.29, 0.717) is 17.5 Å². The lowest BCUT2D eigenvalue weighted by molar-refractivity contribution is 0.460. The zero-order chi connectivity index (χ0) is 13.1. The third-order valence-corrected chi connectivity index (χ3v) is 3.01. The van der Waals surface area contributed by atoms with Gasteiger partial charge in [0.2, 0.25) is 5.88 Å². The smallest absolute Gasteiger partial charge is 0.219 e. The van der Waals surface area contributed by atoms with Crippen LogP contribution >= 0.6 is 23.2 Å². The molecule has 2 nitrogen and oxygen atoms in total. The van der Waals surface area contributed by atoms with Crippen molar-refractivity contribution in [3.8, 4) is 11.6 Å². The highest BCUT2D eigenvalue weighted by Gasteiger charge is 2.07. The molecule has 0 radical (unpaired) electrons. The van der Waals surface area contributed by atoms with Gasteiger partial charge >= 0.3 is 0 Å². The quantitative estimate of drug-likeness (QED) is 0.762. The van der Waals surface area contributed by atoms with Gasteiger partial charge in [-0.25, -0.2) is 9.37 Å². The first-order chi connectivity index (χ1) is 8.60. The Hall–Kier alpha value is -1.32. The molecule has 0 amide bonds. The molecule has 0 atom stereocenters. The van der Waals surface area contributed by atoms with Crippen LogP contribution in [0.3, 0.4) is 0 Å². The summed E-state index contributed by atoms with van der Waals surface area (Å²) in [4.78, 5) is 4.24. The average molecular weight is 286 g/mol. The number of hydrogen-bond acceptors (Lipinski definition) is 2. The molecule has 0 unspecified atom stereocenters. The molecule has 0 aliphatic carbocycles. The molecule has 0 fully saturated rings. The molecule has 0 aliphatic heterocycles. The molecule has 2 rings (SSSR count). The summed E-state index contributed by atoms with van der Waals surface area (Å²) in [7, 11) is 0. The summed E-state index contributed by atoms with van der Waals surface area (Å²) in [6.07, 6.45) is 0. The van der Waals surface area contributed by atoms with Gasteiger partial charge in [0.15, 0.2) is 0 Å². The van der Waals surface area contributed by atoms with Crippen LogP contribution in [0.15, 0.2) is 30.3 Å². The largest absolute Gasteiger partial charge is 0.437 e. The van der Waals surface area contributed by atoms with Crippen molar-refractivity contribution >= 4 is 23.2 Å². The molecule has 0 saturated heterocycles. The van der Waals surface area contributed by atoms with E-state index in [0.717, 1.165) is 11.3 Å². The van der Waals surface area contributed by atoms with Crippen molar-refractivity contribution in [2.24, 2.45) is 0 Å². The van der Waals surface area contributed by atoms with Gasteiger partial charge < -0.3 is 4.74 Å². The predicted octanol–water partition coefficient (Wildman–Crippen LogP) is 4.71. The minimum atomic E-state index is -0.408. The number of benzene rings is 1. The van der Waals surface area contributed by atoms with E-state index in [1.807, 2.05) is 13.0 Å². The topological polar surface area (TPSA) is 22.1 Å². The summed E-state index contributed by atoms with van der Waals surface area (Å²) in [5.74, 6) is 0.753. The van der Waals surface area contributed by atoms with Crippen LogP contribution < -0.4 is 4.74 Å². The molecular formula is C13H10Cl2FNO. The first-order valence-electron chi connectivity index (χ1n) is 5.25. The van der Waals surface area contributed by atoms with Gasteiger partial charge in [0.1, 0.15) is 11.6 Å². The van der Waals surface area contributed by atoms with Gasteiger partial charge in [0.05, 0.1) is 5.02 Å². The standard InChI is InChI=1S/C13H10Cl2FNO/c1-8-9(7-14)2-5-13(17-8)18-12-4-3-10(16)6-11(12)15/h2-6H,7H2,1H3. The highest BCUT2D eigenvalue weighted by Crippen LogP contribution is 2.29. The number of pyridine rings is 1. The zero-order valence-corrected chi connectivity index (χ0v) is 11.1. The van der Waals surface area contributed by atoms with E-state index >= 15 is 0 Å². The molecule has 1 aromatic heterocycles. The van der Waals surface area contributed by atoms with Crippen molar-refractivity contribution in [3.63, 3.8) is 0 Å². The molecule has 18 heavy (non-hydrogen) atoms.